The monoisotopic (exact) mass is 206 g/mol. The first-order valence-corrected chi connectivity index (χ1v) is 5.08. The Morgan fingerprint density at radius 1 is 1.47 bits per heavy atom. The van der Waals surface area contributed by atoms with Gasteiger partial charge in [0.25, 0.3) is 5.91 Å². The zero-order chi connectivity index (χ0) is 11.1. The molecular formula is C12H16NO2. The van der Waals surface area contributed by atoms with Crippen LogP contribution < -0.4 is 10.1 Å². The molecule has 3 heteroatoms. The molecule has 0 unspecified atom stereocenters. The third kappa shape index (κ3) is 3.27. The van der Waals surface area contributed by atoms with Gasteiger partial charge in [-0.3, -0.25) is 4.79 Å². The molecule has 0 aliphatic heterocycles. The van der Waals surface area contributed by atoms with Crippen molar-refractivity contribution < 1.29 is 9.53 Å². The zero-order valence-corrected chi connectivity index (χ0v) is 8.95. The smallest absolute Gasteiger partial charge is 0.255 e. The van der Waals surface area contributed by atoms with Crippen LogP contribution in [0.5, 0.6) is 5.75 Å². The minimum atomic E-state index is -0.220. The largest absolute Gasteiger partial charge is 0.493 e. The predicted molar refractivity (Wildman–Crippen MR) is 59.7 cm³/mol. The Morgan fingerprint density at radius 2 is 2.20 bits per heavy atom. The van der Waals surface area contributed by atoms with Gasteiger partial charge in [-0.2, -0.15) is 0 Å². The lowest BCUT2D eigenvalue weighted by Gasteiger charge is -2.09. The lowest BCUT2D eigenvalue weighted by Crippen LogP contribution is -2.17. The van der Waals surface area contributed by atoms with Gasteiger partial charge in [0.05, 0.1) is 12.2 Å². The fourth-order valence-corrected chi connectivity index (χ4v) is 1.20. The fourth-order valence-electron chi connectivity index (χ4n) is 1.20. The molecule has 1 N–H and O–H groups in total. The van der Waals surface area contributed by atoms with Gasteiger partial charge in [0.15, 0.2) is 0 Å². The second-order valence-corrected chi connectivity index (χ2v) is 3.20. The summed E-state index contributed by atoms with van der Waals surface area (Å²) in [4.78, 5) is 11.4. The summed E-state index contributed by atoms with van der Waals surface area (Å²) in [5, 5.41) is 2.34. The minimum Gasteiger partial charge on any atom is -0.493 e. The molecule has 0 heterocycles. The van der Waals surface area contributed by atoms with Crippen LogP contribution in [0.3, 0.4) is 0 Å². The highest BCUT2D eigenvalue weighted by molar-refractivity contribution is 5.96. The molecular weight excluding hydrogens is 190 g/mol. The second-order valence-electron chi connectivity index (χ2n) is 3.20. The molecule has 0 atom stereocenters. The van der Waals surface area contributed by atoms with Crippen LogP contribution in [0.1, 0.15) is 30.1 Å². The molecule has 0 spiro atoms. The van der Waals surface area contributed by atoms with E-state index < -0.39 is 0 Å². The average Bonchev–Trinajstić information content (AvgIpc) is 2.29. The van der Waals surface area contributed by atoms with E-state index in [0.717, 1.165) is 12.8 Å². The number of carbonyl (C=O) groups is 1. The third-order valence-electron chi connectivity index (χ3n) is 2.05. The van der Waals surface area contributed by atoms with Gasteiger partial charge < -0.3 is 10.1 Å². The Morgan fingerprint density at radius 3 is 2.87 bits per heavy atom. The highest BCUT2D eigenvalue weighted by Crippen LogP contribution is 2.17. The summed E-state index contributed by atoms with van der Waals surface area (Å²) in [6, 6.07) is 7.17. The molecule has 0 saturated carbocycles. The van der Waals surface area contributed by atoms with Crippen LogP contribution in [-0.2, 0) is 0 Å². The van der Waals surface area contributed by atoms with E-state index in [1.165, 1.54) is 0 Å². The quantitative estimate of drug-likeness (QED) is 0.751. The molecule has 1 aromatic carbocycles. The van der Waals surface area contributed by atoms with Crippen molar-refractivity contribution in [2.75, 3.05) is 6.61 Å². The Bertz CT molecular complexity index is 323. The number of carbonyl (C=O) groups excluding carboxylic acids is 1. The van der Waals surface area contributed by atoms with Crippen molar-refractivity contribution >= 4 is 5.91 Å². The van der Waals surface area contributed by atoms with Crippen LogP contribution in [-0.4, -0.2) is 12.5 Å². The minimum absolute atomic E-state index is 0.220. The van der Waals surface area contributed by atoms with Crippen LogP contribution in [0.25, 0.3) is 0 Å². The van der Waals surface area contributed by atoms with Crippen molar-refractivity contribution in [1.82, 2.24) is 5.32 Å². The van der Waals surface area contributed by atoms with E-state index in [1.54, 1.807) is 18.2 Å². The van der Waals surface area contributed by atoms with Gasteiger partial charge in [0, 0.05) is 7.05 Å². The summed E-state index contributed by atoms with van der Waals surface area (Å²) in [5.74, 6) is 0.397. The molecule has 0 aliphatic carbocycles. The predicted octanol–water partition coefficient (Wildman–Crippen LogP) is 2.39. The molecule has 1 rings (SSSR count). The number of benzene rings is 1. The number of ether oxygens (including phenoxy) is 1. The van der Waals surface area contributed by atoms with Crippen LogP contribution in [0.2, 0.25) is 0 Å². The number of rotatable bonds is 5. The van der Waals surface area contributed by atoms with E-state index in [0.29, 0.717) is 17.9 Å². The van der Waals surface area contributed by atoms with Gasteiger partial charge in [-0.25, -0.2) is 0 Å². The summed E-state index contributed by atoms with van der Waals surface area (Å²) in [6.45, 7) is 2.73. The maximum absolute atomic E-state index is 11.4. The van der Waals surface area contributed by atoms with Crippen molar-refractivity contribution in [3.8, 4) is 5.75 Å². The highest BCUT2D eigenvalue weighted by Gasteiger charge is 2.09. The third-order valence-corrected chi connectivity index (χ3v) is 2.05. The molecule has 0 aliphatic rings. The lowest BCUT2D eigenvalue weighted by atomic mass is 10.2. The summed E-state index contributed by atoms with van der Waals surface area (Å²) in [5.41, 5.74) is 0.531. The van der Waals surface area contributed by atoms with Gasteiger partial charge >= 0.3 is 0 Å². The van der Waals surface area contributed by atoms with Crippen molar-refractivity contribution in [1.29, 1.82) is 0 Å². The first-order chi connectivity index (χ1) is 7.29. The first-order valence-electron chi connectivity index (χ1n) is 5.08. The van der Waals surface area contributed by atoms with Gasteiger partial charge in [0.2, 0.25) is 0 Å². The number of unbranched alkanes of at least 4 members (excludes halogenated alkanes) is 1. The number of nitrogens with one attached hydrogen (secondary N) is 1. The van der Waals surface area contributed by atoms with E-state index in [-0.39, 0.29) is 5.91 Å². The van der Waals surface area contributed by atoms with Crippen LogP contribution in [0.4, 0.5) is 0 Å². The molecule has 15 heavy (non-hydrogen) atoms. The number of para-hydroxylation sites is 1. The van der Waals surface area contributed by atoms with Gasteiger partial charge in [-0.1, -0.05) is 25.5 Å². The maximum Gasteiger partial charge on any atom is 0.255 e. The van der Waals surface area contributed by atoms with E-state index in [4.69, 9.17) is 4.74 Å². The highest BCUT2D eigenvalue weighted by atomic mass is 16.5. The molecule has 1 radical (unpaired) electrons. The Balaban J connectivity index is 2.73. The molecule has 1 aromatic rings. The van der Waals surface area contributed by atoms with E-state index in [2.05, 4.69) is 19.3 Å². The second kappa shape index (κ2) is 6.06. The molecule has 0 fully saturated rings. The molecule has 0 saturated heterocycles. The summed E-state index contributed by atoms with van der Waals surface area (Å²) in [6.07, 6.45) is 2.06. The fraction of sp³-hybridized carbons (Fsp3) is 0.333. The molecule has 0 bridgehead atoms. The number of hydrogen-bond donors (Lipinski definition) is 1. The average molecular weight is 206 g/mol. The maximum atomic E-state index is 11.4. The van der Waals surface area contributed by atoms with Crippen molar-refractivity contribution in [2.45, 2.75) is 19.8 Å². The lowest BCUT2D eigenvalue weighted by molar-refractivity contribution is 0.0965. The van der Waals surface area contributed by atoms with Crippen molar-refractivity contribution in [3.63, 3.8) is 0 Å². The normalized spacial score (nSPS) is 9.73. The molecule has 3 nitrogen and oxygen atoms in total. The standard InChI is InChI=1S/C12H16NO2/c1-3-4-9-15-11-8-6-5-7-10(11)12(14)13-2/h5-8H,2-4,9H2,1H3,(H,13,14). The summed E-state index contributed by atoms with van der Waals surface area (Å²) in [7, 11) is 3.34. The van der Waals surface area contributed by atoms with E-state index in [9.17, 15) is 4.79 Å². The SMILES string of the molecule is [CH2]NC(=O)c1ccccc1OCCCC. The Labute approximate surface area is 90.4 Å². The van der Waals surface area contributed by atoms with E-state index in [1.807, 2.05) is 6.07 Å². The van der Waals surface area contributed by atoms with Gasteiger partial charge in [-0.05, 0) is 18.6 Å². The van der Waals surface area contributed by atoms with E-state index >= 15 is 0 Å². The summed E-state index contributed by atoms with van der Waals surface area (Å²) >= 11 is 0. The van der Waals surface area contributed by atoms with Crippen LogP contribution >= 0.6 is 0 Å². The number of hydrogen-bond acceptors (Lipinski definition) is 2. The van der Waals surface area contributed by atoms with Crippen LogP contribution in [0.15, 0.2) is 24.3 Å². The zero-order valence-electron chi connectivity index (χ0n) is 8.95. The topological polar surface area (TPSA) is 38.3 Å². The Kier molecular flexibility index (Phi) is 4.68. The Hall–Kier alpha value is -1.51. The molecule has 1 amide bonds. The van der Waals surface area contributed by atoms with Gasteiger partial charge in [-0.15, -0.1) is 0 Å². The first kappa shape index (κ1) is 11.6. The van der Waals surface area contributed by atoms with Gasteiger partial charge in [0.1, 0.15) is 5.75 Å². The van der Waals surface area contributed by atoms with Crippen molar-refractivity contribution in [2.24, 2.45) is 0 Å². The molecule has 81 valence electrons. The number of amides is 1. The van der Waals surface area contributed by atoms with Crippen molar-refractivity contribution in [3.05, 3.63) is 36.9 Å². The summed E-state index contributed by atoms with van der Waals surface area (Å²) < 4.78 is 5.51. The van der Waals surface area contributed by atoms with Crippen LogP contribution in [0, 0.1) is 7.05 Å². The molecule has 0 aromatic heterocycles.